The molecule has 0 heterocycles. The minimum Gasteiger partial charge on any atom is -0.481 e. The summed E-state index contributed by atoms with van der Waals surface area (Å²) in [5.41, 5.74) is 0. The lowest BCUT2D eigenvalue weighted by Gasteiger charge is -2.12. The third-order valence-corrected chi connectivity index (χ3v) is 4.08. The van der Waals surface area contributed by atoms with Crippen LogP contribution in [0.4, 0.5) is 0 Å². The number of rotatable bonds is 8. The van der Waals surface area contributed by atoms with Gasteiger partial charge in [0.2, 0.25) is 0 Å². The fourth-order valence-electron chi connectivity index (χ4n) is 0.956. The molecule has 0 aromatic heterocycles. The molecule has 0 radical (unpaired) electrons. The van der Waals surface area contributed by atoms with Gasteiger partial charge in [-0.05, 0) is 6.92 Å². The van der Waals surface area contributed by atoms with Crippen molar-refractivity contribution in [2.24, 2.45) is 0 Å². The van der Waals surface area contributed by atoms with Gasteiger partial charge >= 0.3 is 5.97 Å². The fraction of sp³-hybridized carbons (Fsp3) is 0.875. The summed E-state index contributed by atoms with van der Waals surface area (Å²) >= 11 is 0. The lowest BCUT2D eigenvalue weighted by molar-refractivity contribution is -0.136. The predicted molar refractivity (Wildman–Crippen MR) is 55.5 cm³/mol. The van der Waals surface area contributed by atoms with E-state index in [1.165, 1.54) is 6.92 Å². The zero-order valence-corrected chi connectivity index (χ0v) is 9.46. The topological polar surface area (TPSA) is 104 Å². The van der Waals surface area contributed by atoms with Crippen LogP contribution < -0.4 is 5.32 Å². The van der Waals surface area contributed by atoms with E-state index in [0.29, 0.717) is 0 Å². The number of aliphatic hydroxyl groups excluding tert-OH is 1. The number of carbonyl (C=O) groups is 1. The highest BCUT2D eigenvalue weighted by atomic mass is 32.2. The number of hydrogen-bond donors (Lipinski definition) is 3. The summed E-state index contributed by atoms with van der Waals surface area (Å²) in [6.45, 7) is 1.59. The predicted octanol–water partition coefficient (Wildman–Crippen LogP) is -1.15. The minimum atomic E-state index is -3.27. The van der Waals surface area contributed by atoms with E-state index in [9.17, 15) is 13.2 Å². The summed E-state index contributed by atoms with van der Waals surface area (Å²) in [7, 11) is -3.27. The standard InChI is InChI=1S/C8H17NO5S/c1-7(15(13,14)5-4-10)6-9-3-2-8(11)12/h7,9-10H,2-6H2,1H3,(H,11,12). The van der Waals surface area contributed by atoms with Crippen LogP contribution in [-0.2, 0) is 14.6 Å². The highest BCUT2D eigenvalue weighted by Gasteiger charge is 2.19. The molecule has 0 amide bonds. The van der Waals surface area contributed by atoms with Crippen LogP contribution in [0.1, 0.15) is 13.3 Å². The maximum absolute atomic E-state index is 11.3. The molecule has 15 heavy (non-hydrogen) atoms. The van der Waals surface area contributed by atoms with Crippen molar-refractivity contribution in [2.45, 2.75) is 18.6 Å². The smallest absolute Gasteiger partial charge is 0.304 e. The van der Waals surface area contributed by atoms with E-state index in [0.717, 1.165) is 0 Å². The van der Waals surface area contributed by atoms with Crippen LogP contribution in [0.25, 0.3) is 0 Å². The molecule has 0 aromatic rings. The molecule has 0 aliphatic carbocycles. The van der Waals surface area contributed by atoms with Gasteiger partial charge in [-0.1, -0.05) is 0 Å². The Kier molecular flexibility index (Phi) is 6.46. The molecule has 0 aromatic carbocycles. The maximum atomic E-state index is 11.3. The van der Waals surface area contributed by atoms with Crippen molar-refractivity contribution < 1.29 is 23.4 Å². The molecule has 1 unspecified atom stereocenters. The molecule has 0 aliphatic rings. The Morgan fingerprint density at radius 2 is 2.07 bits per heavy atom. The van der Waals surface area contributed by atoms with Crippen LogP contribution in [0, 0.1) is 0 Å². The molecular weight excluding hydrogens is 222 g/mol. The van der Waals surface area contributed by atoms with Crippen LogP contribution in [-0.4, -0.2) is 55.3 Å². The Hall–Kier alpha value is -0.660. The molecule has 0 rings (SSSR count). The van der Waals surface area contributed by atoms with E-state index in [4.69, 9.17) is 10.2 Å². The molecule has 0 aliphatic heterocycles. The van der Waals surface area contributed by atoms with Gasteiger partial charge < -0.3 is 15.5 Å². The number of aliphatic hydroxyl groups is 1. The van der Waals surface area contributed by atoms with Gasteiger partial charge in [0, 0.05) is 13.1 Å². The largest absolute Gasteiger partial charge is 0.481 e. The van der Waals surface area contributed by atoms with Crippen molar-refractivity contribution in [1.82, 2.24) is 5.32 Å². The molecule has 7 heteroatoms. The van der Waals surface area contributed by atoms with Crippen molar-refractivity contribution in [3.05, 3.63) is 0 Å². The number of hydrogen-bond acceptors (Lipinski definition) is 5. The summed E-state index contributed by atoms with van der Waals surface area (Å²) in [6.07, 6.45) is -0.0350. The number of carboxylic acids is 1. The quantitative estimate of drug-likeness (QED) is 0.462. The number of aliphatic carboxylic acids is 1. The van der Waals surface area contributed by atoms with Crippen molar-refractivity contribution in [2.75, 3.05) is 25.4 Å². The second-order valence-electron chi connectivity index (χ2n) is 3.25. The molecule has 1 atom stereocenters. The van der Waals surface area contributed by atoms with Crippen LogP contribution in [0.3, 0.4) is 0 Å². The first-order chi connectivity index (χ1) is 6.90. The van der Waals surface area contributed by atoms with E-state index >= 15 is 0 Å². The number of sulfone groups is 1. The summed E-state index contributed by atoms with van der Waals surface area (Å²) in [6, 6.07) is 0. The highest BCUT2D eigenvalue weighted by molar-refractivity contribution is 7.92. The molecule has 3 N–H and O–H groups in total. The Morgan fingerprint density at radius 1 is 1.47 bits per heavy atom. The van der Waals surface area contributed by atoms with Crippen LogP contribution in [0.5, 0.6) is 0 Å². The normalized spacial score (nSPS) is 13.7. The molecule has 90 valence electrons. The van der Waals surface area contributed by atoms with Gasteiger partial charge in [0.15, 0.2) is 9.84 Å². The van der Waals surface area contributed by atoms with E-state index in [1.807, 2.05) is 0 Å². The molecular formula is C8H17NO5S. The first kappa shape index (κ1) is 14.3. The van der Waals surface area contributed by atoms with Crippen molar-refractivity contribution in [3.63, 3.8) is 0 Å². The van der Waals surface area contributed by atoms with Gasteiger partial charge in [0.05, 0.1) is 24.0 Å². The van der Waals surface area contributed by atoms with Gasteiger partial charge in [0.1, 0.15) is 0 Å². The molecule has 0 fully saturated rings. The lowest BCUT2D eigenvalue weighted by atomic mass is 10.4. The third-order valence-electron chi connectivity index (χ3n) is 1.94. The van der Waals surface area contributed by atoms with Gasteiger partial charge in [-0.3, -0.25) is 4.79 Å². The summed E-state index contributed by atoms with van der Waals surface area (Å²) in [4.78, 5) is 10.2. The van der Waals surface area contributed by atoms with E-state index < -0.39 is 21.1 Å². The first-order valence-electron chi connectivity index (χ1n) is 4.65. The Balaban J connectivity index is 3.83. The number of nitrogens with one attached hydrogen (secondary N) is 1. The second kappa shape index (κ2) is 6.76. The molecule has 6 nitrogen and oxygen atoms in total. The SMILES string of the molecule is CC(CNCCC(=O)O)S(=O)(=O)CCO. The third kappa shape index (κ3) is 6.43. The summed E-state index contributed by atoms with van der Waals surface area (Å²) < 4.78 is 22.7. The zero-order chi connectivity index (χ0) is 11.9. The highest BCUT2D eigenvalue weighted by Crippen LogP contribution is 2.00. The Labute approximate surface area is 89.2 Å². The first-order valence-corrected chi connectivity index (χ1v) is 6.36. The van der Waals surface area contributed by atoms with Crippen molar-refractivity contribution in [3.8, 4) is 0 Å². The fourth-order valence-corrected chi connectivity index (χ4v) is 1.98. The summed E-state index contributed by atoms with van der Waals surface area (Å²) in [5, 5.41) is 19.0. The van der Waals surface area contributed by atoms with E-state index in [-0.39, 0.29) is 31.9 Å². The van der Waals surface area contributed by atoms with E-state index in [1.54, 1.807) is 0 Å². The Morgan fingerprint density at radius 3 is 2.53 bits per heavy atom. The Bertz CT molecular complexity index is 287. The lowest BCUT2D eigenvalue weighted by Crippen LogP contribution is -2.34. The average molecular weight is 239 g/mol. The molecule has 0 saturated carbocycles. The van der Waals surface area contributed by atoms with Gasteiger partial charge in [-0.2, -0.15) is 0 Å². The molecule has 0 spiro atoms. The van der Waals surface area contributed by atoms with E-state index in [2.05, 4.69) is 5.32 Å². The number of carboxylic acid groups (broad SMARTS) is 1. The van der Waals surface area contributed by atoms with Crippen molar-refractivity contribution >= 4 is 15.8 Å². The van der Waals surface area contributed by atoms with Gasteiger partial charge in [-0.15, -0.1) is 0 Å². The average Bonchev–Trinajstić information content (AvgIpc) is 2.11. The van der Waals surface area contributed by atoms with Crippen LogP contribution >= 0.6 is 0 Å². The zero-order valence-electron chi connectivity index (χ0n) is 8.64. The minimum absolute atomic E-state index is 0.0350. The summed E-state index contributed by atoms with van der Waals surface area (Å²) in [5.74, 6) is -1.18. The van der Waals surface area contributed by atoms with Crippen LogP contribution in [0.15, 0.2) is 0 Å². The van der Waals surface area contributed by atoms with Crippen molar-refractivity contribution in [1.29, 1.82) is 0 Å². The maximum Gasteiger partial charge on any atom is 0.304 e. The van der Waals surface area contributed by atoms with Gasteiger partial charge in [0.25, 0.3) is 0 Å². The van der Waals surface area contributed by atoms with Crippen LogP contribution in [0.2, 0.25) is 0 Å². The molecule has 0 bridgehead atoms. The second-order valence-corrected chi connectivity index (χ2v) is 5.79. The monoisotopic (exact) mass is 239 g/mol. The molecule has 0 saturated heterocycles. The van der Waals surface area contributed by atoms with Gasteiger partial charge in [-0.25, -0.2) is 8.42 Å².